The van der Waals surface area contributed by atoms with Crippen molar-refractivity contribution in [2.24, 2.45) is 0 Å². The molecule has 0 amide bonds. The monoisotopic (exact) mass is 271 g/mol. The highest BCUT2D eigenvalue weighted by Gasteiger charge is 2.32. The Kier molecular flexibility index (Phi) is 4.30. The standard InChI is InChI=1S/C17H25NSi/c1-5-19(6-2,7-3)16-12-10-11-15(4)17(16)18-13-8-9-14-18/h8-14H,5-7H2,1-4H3. The van der Waals surface area contributed by atoms with Crippen LogP contribution < -0.4 is 5.19 Å². The predicted octanol–water partition coefficient (Wildman–Crippen LogP) is 4.50. The highest BCUT2D eigenvalue weighted by molar-refractivity contribution is 6.92. The number of rotatable bonds is 5. The minimum Gasteiger partial charge on any atom is -0.324 e. The Morgan fingerprint density at radius 2 is 1.47 bits per heavy atom. The van der Waals surface area contributed by atoms with Crippen molar-refractivity contribution >= 4 is 13.3 Å². The Hall–Kier alpha value is -1.28. The van der Waals surface area contributed by atoms with Gasteiger partial charge in [-0.1, -0.05) is 57.1 Å². The second kappa shape index (κ2) is 5.79. The molecular weight excluding hydrogens is 246 g/mol. The molecule has 0 fully saturated rings. The quantitative estimate of drug-likeness (QED) is 0.706. The molecule has 0 bridgehead atoms. The number of aromatic nitrogens is 1. The van der Waals surface area contributed by atoms with E-state index >= 15 is 0 Å². The molecule has 0 saturated carbocycles. The lowest BCUT2D eigenvalue weighted by Crippen LogP contribution is -2.47. The Morgan fingerprint density at radius 1 is 0.895 bits per heavy atom. The molecule has 1 nitrogen and oxygen atoms in total. The fourth-order valence-corrected chi connectivity index (χ4v) is 7.16. The van der Waals surface area contributed by atoms with Crippen LogP contribution in [0.2, 0.25) is 18.1 Å². The smallest absolute Gasteiger partial charge is 0.0886 e. The van der Waals surface area contributed by atoms with Crippen LogP contribution in [0.25, 0.3) is 5.69 Å². The number of aryl methyl sites for hydroxylation is 1. The van der Waals surface area contributed by atoms with Gasteiger partial charge in [-0.2, -0.15) is 0 Å². The van der Waals surface area contributed by atoms with E-state index in [0.717, 1.165) is 0 Å². The summed E-state index contributed by atoms with van der Waals surface area (Å²) in [6, 6.07) is 15.1. The minimum absolute atomic E-state index is 1.33. The average molecular weight is 271 g/mol. The van der Waals surface area contributed by atoms with E-state index in [4.69, 9.17) is 0 Å². The lowest BCUT2D eigenvalue weighted by atomic mass is 10.2. The zero-order valence-corrected chi connectivity index (χ0v) is 13.6. The van der Waals surface area contributed by atoms with E-state index in [9.17, 15) is 0 Å². The average Bonchev–Trinajstić information content (AvgIpc) is 2.95. The zero-order valence-electron chi connectivity index (χ0n) is 12.6. The van der Waals surface area contributed by atoms with Crippen LogP contribution in [0.4, 0.5) is 0 Å². The van der Waals surface area contributed by atoms with Crippen molar-refractivity contribution in [3.05, 3.63) is 48.3 Å². The van der Waals surface area contributed by atoms with Gasteiger partial charge in [-0.05, 0) is 29.8 Å². The Labute approximate surface area is 118 Å². The first kappa shape index (κ1) is 14.1. The Morgan fingerprint density at radius 3 is 2.00 bits per heavy atom. The van der Waals surface area contributed by atoms with Crippen LogP contribution in [0.1, 0.15) is 26.3 Å². The summed E-state index contributed by atoms with van der Waals surface area (Å²) in [6.07, 6.45) is 4.35. The maximum absolute atomic E-state index is 2.38. The van der Waals surface area contributed by atoms with E-state index in [0.29, 0.717) is 0 Å². The second-order valence-corrected chi connectivity index (χ2v) is 10.6. The lowest BCUT2D eigenvalue weighted by molar-refractivity contribution is 1.06. The van der Waals surface area contributed by atoms with Crippen LogP contribution in [0, 0.1) is 6.92 Å². The topological polar surface area (TPSA) is 4.93 Å². The first-order chi connectivity index (χ1) is 9.18. The van der Waals surface area contributed by atoms with E-state index in [-0.39, 0.29) is 0 Å². The van der Waals surface area contributed by atoms with E-state index < -0.39 is 8.07 Å². The summed E-state index contributed by atoms with van der Waals surface area (Å²) in [6.45, 7) is 9.36. The molecule has 2 heteroatoms. The summed E-state index contributed by atoms with van der Waals surface area (Å²) < 4.78 is 2.30. The Balaban J connectivity index is 2.67. The highest BCUT2D eigenvalue weighted by atomic mass is 28.3. The van der Waals surface area contributed by atoms with Gasteiger partial charge in [-0.25, -0.2) is 0 Å². The number of hydrogen-bond donors (Lipinski definition) is 0. The molecule has 2 rings (SSSR count). The zero-order chi connectivity index (χ0) is 13.9. The van der Waals surface area contributed by atoms with Crippen molar-refractivity contribution in [3.8, 4) is 5.69 Å². The van der Waals surface area contributed by atoms with Crippen molar-refractivity contribution in [1.82, 2.24) is 4.57 Å². The number of benzene rings is 1. The molecule has 0 radical (unpaired) electrons. The van der Waals surface area contributed by atoms with Gasteiger partial charge in [0, 0.05) is 18.1 Å². The van der Waals surface area contributed by atoms with Crippen molar-refractivity contribution in [3.63, 3.8) is 0 Å². The molecule has 0 spiro atoms. The van der Waals surface area contributed by atoms with Crippen molar-refractivity contribution in [2.45, 2.75) is 45.8 Å². The predicted molar refractivity (Wildman–Crippen MR) is 87.3 cm³/mol. The maximum Gasteiger partial charge on any atom is 0.0886 e. The fourth-order valence-electron chi connectivity index (χ4n) is 3.23. The van der Waals surface area contributed by atoms with Gasteiger partial charge in [-0.15, -0.1) is 0 Å². The molecule has 0 N–H and O–H groups in total. The maximum atomic E-state index is 2.38. The summed E-state index contributed by atoms with van der Waals surface area (Å²) in [7, 11) is -1.35. The molecule has 0 aliphatic heterocycles. The van der Waals surface area contributed by atoms with E-state index in [1.54, 1.807) is 5.19 Å². The molecule has 19 heavy (non-hydrogen) atoms. The summed E-state index contributed by atoms with van der Waals surface area (Å²) in [5.41, 5.74) is 2.82. The highest BCUT2D eigenvalue weighted by Crippen LogP contribution is 2.25. The van der Waals surface area contributed by atoms with Gasteiger partial charge in [0.05, 0.1) is 8.07 Å². The SMILES string of the molecule is CC[Si](CC)(CC)c1cccc(C)c1-n1cccc1. The summed E-state index contributed by atoms with van der Waals surface area (Å²) in [4.78, 5) is 0. The number of para-hydroxylation sites is 1. The molecule has 0 aliphatic rings. The lowest BCUT2D eigenvalue weighted by Gasteiger charge is -2.31. The fraction of sp³-hybridized carbons (Fsp3) is 0.412. The van der Waals surface area contributed by atoms with E-state index in [1.807, 2.05) is 0 Å². The third-order valence-corrected chi connectivity index (χ3v) is 10.3. The van der Waals surface area contributed by atoms with Crippen LogP contribution in [0.5, 0.6) is 0 Å². The molecule has 1 heterocycles. The summed E-state index contributed by atoms with van der Waals surface area (Å²) >= 11 is 0. The summed E-state index contributed by atoms with van der Waals surface area (Å²) in [5, 5.41) is 1.64. The van der Waals surface area contributed by atoms with E-state index in [1.165, 1.54) is 29.4 Å². The van der Waals surface area contributed by atoms with Crippen LogP contribution in [0.3, 0.4) is 0 Å². The van der Waals surface area contributed by atoms with Crippen molar-refractivity contribution in [2.75, 3.05) is 0 Å². The third-order valence-electron chi connectivity index (χ3n) is 4.70. The van der Waals surface area contributed by atoms with Crippen molar-refractivity contribution < 1.29 is 0 Å². The molecular formula is C17H25NSi. The van der Waals surface area contributed by atoms with Crippen LogP contribution in [0.15, 0.2) is 42.7 Å². The van der Waals surface area contributed by atoms with Gasteiger partial charge in [-0.3, -0.25) is 0 Å². The van der Waals surface area contributed by atoms with Crippen LogP contribution >= 0.6 is 0 Å². The summed E-state index contributed by atoms with van der Waals surface area (Å²) in [5.74, 6) is 0. The van der Waals surface area contributed by atoms with Gasteiger partial charge in [0.2, 0.25) is 0 Å². The molecule has 1 aromatic carbocycles. The normalized spacial score (nSPS) is 11.8. The van der Waals surface area contributed by atoms with Gasteiger partial charge in [0.25, 0.3) is 0 Å². The van der Waals surface area contributed by atoms with E-state index in [2.05, 4.69) is 75.0 Å². The van der Waals surface area contributed by atoms with Crippen LogP contribution in [-0.4, -0.2) is 12.6 Å². The first-order valence-corrected chi connectivity index (χ1v) is 10.0. The number of nitrogens with zero attached hydrogens (tertiary/aromatic N) is 1. The molecule has 102 valence electrons. The van der Waals surface area contributed by atoms with Gasteiger partial charge < -0.3 is 4.57 Å². The Bertz CT molecular complexity index is 516. The molecule has 1 aromatic heterocycles. The second-order valence-electron chi connectivity index (χ2n) is 5.40. The van der Waals surface area contributed by atoms with Crippen LogP contribution in [-0.2, 0) is 0 Å². The molecule has 0 saturated heterocycles. The number of hydrogen-bond acceptors (Lipinski definition) is 0. The molecule has 0 unspecified atom stereocenters. The van der Waals surface area contributed by atoms with Gasteiger partial charge in [0.15, 0.2) is 0 Å². The molecule has 0 aliphatic carbocycles. The molecule has 0 atom stereocenters. The van der Waals surface area contributed by atoms with Gasteiger partial charge >= 0.3 is 0 Å². The molecule has 2 aromatic rings. The minimum atomic E-state index is -1.35. The first-order valence-electron chi connectivity index (χ1n) is 7.42. The van der Waals surface area contributed by atoms with Crippen molar-refractivity contribution in [1.29, 1.82) is 0 Å². The van der Waals surface area contributed by atoms with Gasteiger partial charge in [0.1, 0.15) is 0 Å². The largest absolute Gasteiger partial charge is 0.324 e. The third kappa shape index (κ3) is 2.42.